The van der Waals surface area contributed by atoms with E-state index in [1.165, 1.54) is 0 Å². The largest absolute Gasteiger partial charge is 0.544 e. The number of hydrogen-bond donors (Lipinski definition) is 2. The monoisotopic (exact) mass is 275 g/mol. The van der Waals surface area contributed by atoms with Gasteiger partial charge in [-0.3, -0.25) is 4.48 Å². The lowest BCUT2D eigenvalue weighted by Gasteiger charge is -2.33. The molecule has 0 radical (unpaired) electrons. The molecule has 0 fully saturated rings. The molecule has 0 rings (SSSR count). The molecule has 112 valence electrons. The molecule has 2 N–H and O–H groups in total. The number of carbonyl (C=O) groups excluding carboxylic acids is 1. The van der Waals surface area contributed by atoms with Crippen molar-refractivity contribution in [2.45, 2.75) is 32.6 Å². The summed E-state index contributed by atoms with van der Waals surface area (Å²) in [5.74, 6) is -1.33. The Morgan fingerprint density at radius 2 is 1.89 bits per heavy atom. The van der Waals surface area contributed by atoms with Crippen molar-refractivity contribution in [3.8, 4) is 0 Å². The Labute approximate surface area is 114 Å². The predicted octanol–water partition coefficient (Wildman–Crippen LogP) is -0.437. The Morgan fingerprint density at radius 3 is 2.42 bits per heavy atom. The summed E-state index contributed by atoms with van der Waals surface area (Å²) in [5, 5.41) is 28.9. The summed E-state index contributed by atoms with van der Waals surface area (Å²) < 4.78 is 4.84. The van der Waals surface area contributed by atoms with Crippen molar-refractivity contribution in [2.75, 3.05) is 33.3 Å². The number of unbranched alkanes of at least 4 members (excludes halogenated alkanes) is 2. The van der Waals surface area contributed by atoms with E-state index in [-0.39, 0.29) is 6.73 Å². The zero-order valence-corrected chi connectivity index (χ0v) is 11.6. The second kappa shape index (κ2) is 10.9. The number of aliphatic carboxylic acids is 1. The van der Waals surface area contributed by atoms with Crippen LogP contribution in [0.4, 0.5) is 0 Å². The van der Waals surface area contributed by atoms with E-state index in [2.05, 4.69) is 13.0 Å². The predicted molar refractivity (Wildman–Crippen MR) is 68.4 cm³/mol. The molecule has 0 aliphatic carbocycles. The first-order chi connectivity index (χ1) is 9.10. The Morgan fingerprint density at radius 1 is 1.26 bits per heavy atom. The molecule has 0 aliphatic heterocycles. The van der Waals surface area contributed by atoms with Crippen molar-refractivity contribution in [3.63, 3.8) is 0 Å². The number of carboxylic acids is 1. The van der Waals surface area contributed by atoms with Gasteiger partial charge in [0.15, 0.2) is 20.2 Å². The smallest absolute Gasteiger partial charge is 0.187 e. The number of aliphatic hydroxyl groups excluding tert-OH is 2. The fraction of sp³-hybridized carbons (Fsp3) is 0.769. The SMILES string of the molecule is CCCC/C=C/CCOC[N+](CO)(CO)CC(=O)[O-]. The molecule has 0 unspecified atom stereocenters. The zero-order valence-electron chi connectivity index (χ0n) is 11.6. The van der Waals surface area contributed by atoms with E-state index >= 15 is 0 Å². The lowest BCUT2D eigenvalue weighted by molar-refractivity contribution is -0.972. The average Bonchev–Trinajstić information content (AvgIpc) is 2.40. The number of carboxylic acid groups (broad SMARTS) is 1. The molecular weight excluding hydrogens is 250 g/mol. The van der Waals surface area contributed by atoms with Gasteiger partial charge in [-0.05, 0) is 12.8 Å². The standard InChI is InChI=1S/C13H25NO5/c1-2-3-4-5-6-7-8-19-12-14(10-15,11-16)9-13(17)18/h5-6,15-16H,2-4,7-12H2,1H3/b6-5+. The van der Waals surface area contributed by atoms with Gasteiger partial charge in [-0.15, -0.1) is 0 Å². The first-order valence-electron chi connectivity index (χ1n) is 6.59. The Bertz CT molecular complexity index is 264. The van der Waals surface area contributed by atoms with Gasteiger partial charge in [-0.1, -0.05) is 31.9 Å². The van der Waals surface area contributed by atoms with E-state index in [0.29, 0.717) is 6.61 Å². The average molecular weight is 275 g/mol. The number of carbonyl (C=O) groups is 1. The van der Waals surface area contributed by atoms with Crippen molar-refractivity contribution in [3.05, 3.63) is 12.2 Å². The van der Waals surface area contributed by atoms with E-state index in [0.717, 1.165) is 25.7 Å². The summed E-state index contributed by atoms with van der Waals surface area (Å²) in [7, 11) is 0. The molecule has 6 heteroatoms. The van der Waals surface area contributed by atoms with Crippen LogP contribution in [0.15, 0.2) is 12.2 Å². The third-order valence-corrected chi connectivity index (χ3v) is 2.75. The molecular formula is C13H25NO5. The van der Waals surface area contributed by atoms with Gasteiger partial charge < -0.3 is 24.9 Å². The lowest BCUT2D eigenvalue weighted by Crippen LogP contribution is -2.56. The molecule has 0 atom stereocenters. The van der Waals surface area contributed by atoms with Crippen molar-refractivity contribution in [1.29, 1.82) is 0 Å². The number of ether oxygens (including phenoxy) is 1. The summed E-state index contributed by atoms with van der Waals surface area (Å²) in [5.41, 5.74) is 0. The van der Waals surface area contributed by atoms with Gasteiger partial charge in [-0.25, -0.2) is 0 Å². The minimum atomic E-state index is -1.33. The van der Waals surface area contributed by atoms with Crippen LogP contribution in [0.3, 0.4) is 0 Å². The van der Waals surface area contributed by atoms with Gasteiger partial charge in [0.05, 0.1) is 12.6 Å². The summed E-state index contributed by atoms with van der Waals surface area (Å²) in [6.07, 6.45) is 8.21. The van der Waals surface area contributed by atoms with Crippen LogP contribution >= 0.6 is 0 Å². The topological polar surface area (TPSA) is 89.8 Å². The maximum Gasteiger partial charge on any atom is 0.187 e. The number of hydrogen-bond acceptors (Lipinski definition) is 5. The van der Waals surface area contributed by atoms with Crippen LogP contribution in [0.5, 0.6) is 0 Å². The molecule has 0 aromatic rings. The lowest BCUT2D eigenvalue weighted by atomic mass is 10.2. The molecule has 19 heavy (non-hydrogen) atoms. The van der Waals surface area contributed by atoms with Crippen LogP contribution in [0.1, 0.15) is 32.6 Å². The first-order valence-corrected chi connectivity index (χ1v) is 6.59. The zero-order chi connectivity index (χ0) is 14.6. The van der Waals surface area contributed by atoms with E-state index in [9.17, 15) is 9.90 Å². The van der Waals surface area contributed by atoms with Crippen LogP contribution in [-0.4, -0.2) is 54.0 Å². The second-order valence-corrected chi connectivity index (χ2v) is 4.59. The quantitative estimate of drug-likeness (QED) is 0.218. The van der Waals surface area contributed by atoms with Crippen molar-refractivity contribution < 1.29 is 29.3 Å². The van der Waals surface area contributed by atoms with Crippen LogP contribution in [0.25, 0.3) is 0 Å². The third-order valence-electron chi connectivity index (χ3n) is 2.75. The first kappa shape index (κ1) is 18.0. The molecule has 0 spiro atoms. The van der Waals surface area contributed by atoms with Gasteiger partial charge in [0, 0.05) is 0 Å². The summed E-state index contributed by atoms with van der Waals surface area (Å²) in [6, 6.07) is 0. The van der Waals surface area contributed by atoms with E-state index in [4.69, 9.17) is 14.9 Å². The summed E-state index contributed by atoms with van der Waals surface area (Å²) in [4.78, 5) is 10.6. The van der Waals surface area contributed by atoms with Crippen LogP contribution in [-0.2, 0) is 9.53 Å². The fourth-order valence-corrected chi connectivity index (χ4v) is 1.51. The van der Waals surface area contributed by atoms with E-state index in [1.54, 1.807) is 0 Å². The number of quaternary nitrogens is 1. The van der Waals surface area contributed by atoms with Gasteiger partial charge in [0.2, 0.25) is 0 Å². The maximum atomic E-state index is 10.6. The highest BCUT2D eigenvalue weighted by Gasteiger charge is 2.25. The molecule has 0 aliphatic rings. The highest BCUT2D eigenvalue weighted by molar-refractivity contribution is 5.65. The summed E-state index contributed by atoms with van der Waals surface area (Å²) in [6.45, 7) is 1.03. The van der Waals surface area contributed by atoms with Crippen molar-refractivity contribution in [2.24, 2.45) is 0 Å². The maximum absolute atomic E-state index is 10.6. The minimum absolute atomic E-state index is 0.0518. The number of aliphatic hydroxyl groups is 2. The fourth-order valence-electron chi connectivity index (χ4n) is 1.51. The molecule has 0 aromatic heterocycles. The molecule has 0 aromatic carbocycles. The van der Waals surface area contributed by atoms with Crippen LogP contribution < -0.4 is 5.11 Å². The van der Waals surface area contributed by atoms with Crippen LogP contribution in [0.2, 0.25) is 0 Å². The van der Waals surface area contributed by atoms with Gasteiger partial charge in [-0.2, -0.15) is 0 Å². The van der Waals surface area contributed by atoms with Crippen molar-refractivity contribution >= 4 is 5.97 Å². The molecule has 0 saturated carbocycles. The van der Waals surface area contributed by atoms with E-state index in [1.807, 2.05) is 6.08 Å². The van der Waals surface area contributed by atoms with Gasteiger partial charge in [0.25, 0.3) is 0 Å². The van der Waals surface area contributed by atoms with E-state index < -0.39 is 30.5 Å². The van der Waals surface area contributed by atoms with Gasteiger partial charge in [0.1, 0.15) is 6.54 Å². The summed E-state index contributed by atoms with van der Waals surface area (Å²) >= 11 is 0. The van der Waals surface area contributed by atoms with Gasteiger partial charge >= 0.3 is 0 Å². The normalized spacial score (nSPS) is 12.2. The Kier molecular flexibility index (Phi) is 10.4. The molecule has 0 bridgehead atoms. The second-order valence-electron chi connectivity index (χ2n) is 4.59. The highest BCUT2D eigenvalue weighted by atomic mass is 16.5. The molecule has 0 saturated heterocycles. The Hall–Kier alpha value is -0.950. The van der Waals surface area contributed by atoms with Crippen LogP contribution in [0, 0.1) is 0 Å². The Balaban J connectivity index is 3.87. The third kappa shape index (κ3) is 8.72. The molecule has 0 heterocycles. The number of allylic oxidation sites excluding steroid dienone is 1. The molecule has 6 nitrogen and oxygen atoms in total. The number of rotatable bonds is 12. The molecule has 0 amide bonds. The minimum Gasteiger partial charge on any atom is -0.544 e. The highest BCUT2D eigenvalue weighted by Crippen LogP contribution is 2.04. The number of nitrogens with zero attached hydrogens (tertiary/aromatic N) is 1. The van der Waals surface area contributed by atoms with Crippen molar-refractivity contribution in [1.82, 2.24) is 0 Å².